The van der Waals surface area contributed by atoms with Gasteiger partial charge in [0.2, 0.25) is 47.8 Å². The van der Waals surface area contributed by atoms with Crippen LogP contribution in [0.4, 0.5) is 0 Å². The first-order valence-corrected chi connectivity index (χ1v) is 12.7. The van der Waals surface area contributed by atoms with Crippen LogP contribution in [0.2, 0.25) is 0 Å². The maximum atomic E-state index is 12.8. The van der Waals surface area contributed by atoms with Gasteiger partial charge in [0.25, 0.3) is 0 Å². The Morgan fingerprint density at radius 1 is 0.767 bits per heavy atom. The van der Waals surface area contributed by atoms with E-state index in [1.165, 1.54) is 6.92 Å². The molecular weight excluding hydrogens is 578 g/mol. The van der Waals surface area contributed by atoms with Crippen LogP contribution in [0.1, 0.15) is 19.8 Å². The molecule has 0 heterocycles. The van der Waals surface area contributed by atoms with E-state index in [1.54, 1.807) is 0 Å². The fourth-order valence-electron chi connectivity index (χ4n) is 3.09. The van der Waals surface area contributed by atoms with E-state index in [-0.39, 0.29) is 31.8 Å². The fraction of sp³-hybridized carbons (Fsp3) is 0.591. The molecule has 0 bridgehead atoms. The topological polar surface area (TPSA) is 352 Å². The van der Waals surface area contributed by atoms with E-state index >= 15 is 0 Å². The number of aliphatic hydroxyl groups excluding tert-OH is 2. The van der Waals surface area contributed by atoms with Gasteiger partial charge in [0.05, 0.1) is 38.9 Å². The Balaban J connectivity index is 5.19. The second kappa shape index (κ2) is 20.8. The Kier molecular flexibility index (Phi) is 18.3. The zero-order chi connectivity index (χ0) is 32.9. The van der Waals surface area contributed by atoms with Gasteiger partial charge in [-0.2, -0.15) is 0 Å². The molecule has 0 rings (SSSR count). The van der Waals surface area contributed by atoms with Crippen LogP contribution in [0.3, 0.4) is 0 Å². The van der Waals surface area contributed by atoms with Gasteiger partial charge in [0.15, 0.2) is 5.96 Å². The molecular formula is C22H39N11O10. The molecule has 4 atom stereocenters. The van der Waals surface area contributed by atoms with Crippen LogP contribution in [0.5, 0.6) is 0 Å². The number of guanidine groups is 1. The van der Waals surface area contributed by atoms with Gasteiger partial charge in [-0.3, -0.25) is 43.3 Å². The SMILES string of the molecule is CC(O)C(NC(=O)CNC=O)C(=O)NCC(=O)NC(CCCN=C(N)N)C(=O)NCC(=O)NC(CO)C(=O)NCC(N)=O. The lowest BCUT2D eigenvalue weighted by Crippen LogP contribution is -2.56. The first-order chi connectivity index (χ1) is 20.2. The monoisotopic (exact) mass is 617 g/mol. The van der Waals surface area contributed by atoms with Gasteiger partial charge in [0, 0.05) is 6.54 Å². The molecule has 43 heavy (non-hydrogen) atoms. The predicted octanol–water partition coefficient (Wildman–Crippen LogP) is -8.55. The third-order valence-corrected chi connectivity index (χ3v) is 5.14. The lowest BCUT2D eigenvalue weighted by atomic mass is 10.1. The number of aliphatic hydroxyl groups is 2. The number of primary amides is 1. The van der Waals surface area contributed by atoms with Crippen LogP contribution in [-0.2, 0) is 38.4 Å². The van der Waals surface area contributed by atoms with Gasteiger partial charge in [-0.15, -0.1) is 0 Å². The van der Waals surface area contributed by atoms with Crippen LogP contribution in [0, 0.1) is 0 Å². The molecule has 0 saturated carbocycles. The summed E-state index contributed by atoms with van der Waals surface area (Å²) in [5, 5.41) is 34.5. The summed E-state index contributed by atoms with van der Waals surface area (Å²) in [5.41, 5.74) is 15.5. The normalized spacial score (nSPS) is 13.0. The highest BCUT2D eigenvalue weighted by Gasteiger charge is 2.27. The highest BCUT2D eigenvalue weighted by molar-refractivity contribution is 5.95. The van der Waals surface area contributed by atoms with E-state index in [1.807, 2.05) is 0 Å². The fourth-order valence-corrected chi connectivity index (χ4v) is 3.09. The molecule has 242 valence electrons. The minimum atomic E-state index is -1.47. The minimum absolute atomic E-state index is 0.0191. The molecule has 0 aliphatic rings. The van der Waals surface area contributed by atoms with E-state index in [0.29, 0.717) is 0 Å². The summed E-state index contributed by atoms with van der Waals surface area (Å²) >= 11 is 0. The molecule has 8 amide bonds. The quantitative estimate of drug-likeness (QED) is 0.0247. The molecule has 0 aliphatic carbocycles. The van der Waals surface area contributed by atoms with Crippen LogP contribution >= 0.6 is 0 Å². The molecule has 0 aromatic carbocycles. The maximum Gasteiger partial charge on any atom is 0.245 e. The van der Waals surface area contributed by atoms with Gasteiger partial charge in [-0.05, 0) is 19.8 Å². The average molecular weight is 618 g/mol. The molecule has 0 aromatic heterocycles. The predicted molar refractivity (Wildman–Crippen MR) is 147 cm³/mol. The van der Waals surface area contributed by atoms with Gasteiger partial charge >= 0.3 is 0 Å². The summed E-state index contributed by atoms with van der Waals surface area (Å²) in [7, 11) is 0. The summed E-state index contributed by atoms with van der Waals surface area (Å²) in [5.74, 6) is -6.26. The number of nitrogens with two attached hydrogens (primary N) is 3. The number of carbonyl (C=O) groups is 8. The van der Waals surface area contributed by atoms with Gasteiger partial charge < -0.3 is 64.6 Å². The van der Waals surface area contributed by atoms with E-state index in [9.17, 15) is 48.6 Å². The molecule has 21 heteroatoms. The molecule has 15 N–H and O–H groups in total. The zero-order valence-corrected chi connectivity index (χ0v) is 23.4. The summed E-state index contributed by atoms with van der Waals surface area (Å²) < 4.78 is 0. The van der Waals surface area contributed by atoms with E-state index in [0.717, 1.165) is 0 Å². The summed E-state index contributed by atoms with van der Waals surface area (Å²) in [6.45, 7) is -1.87. The van der Waals surface area contributed by atoms with Gasteiger partial charge in [0.1, 0.15) is 18.1 Å². The molecule has 0 aliphatic heterocycles. The number of amides is 8. The van der Waals surface area contributed by atoms with Crippen molar-refractivity contribution in [2.45, 2.75) is 44.0 Å². The molecule has 4 unspecified atom stereocenters. The molecule has 0 spiro atoms. The number of hydrogen-bond acceptors (Lipinski definition) is 11. The van der Waals surface area contributed by atoms with Crippen molar-refractivity contribution in [1.29, 1.82) is 0 Å². The largest absolute Gasteiger partial charge is 0.394 e. The standard InChI is InChI=1S/C22H39N11O10/c1-11(36)18(33-15(38)6-26-10-35)21(43)30-8-16(39)31-12(3-2-4-27-22(24)25)19(41)29-7-17(40)32-13(9-34)20(42)28-5-14(23)37/h10-13,18,34,36H,2-9H2,1H3,(H2,23,37)(H,26,35)(H,28,42)(H,29,41)(H,30,43)(H,31,39)(H,32,40)(H,33,38)(H4,24,25,27). The molecule has 0 aromatic rings. The zero-order valence-electron chi connectivity index (χ0n) is 23.4. The third kappa shape index (κ3) is 17.4. The van der Waals surface area contributed by atoms with E-state index in [2.05, 4.69) is 42.2 Å². The van der Waals surface area contributed by atoms with Crippen LogP contribution in [0.25, 0.3) is 0 Å². The molecule has 0 fully saturated rings. The first kappa shape index (κ1) is 37.9. The van der Waals surface area contributed by atoms with E-state index < -0.39 is 98.4 Å². The molecule has 0 saturated heterocycles. The lowest BCUT2D eigenvalue weighted by Gasteiger charge is -2.22. The number of carbonyl (C=O) groups excluding carboxylic acids is 8. The Morgan fingerprint density at radius 2 is 1.28 bits per heavy atom. The van der Waals surface area contributed by atoms with Crippen LogP contribution in [0.15, 0.2) is 4.99 Å². The van der Waals surface area contributed by atoms with Crippen LogP contribution in [-0.4, -0.2) is 127 Å². The van der Waals surface area contributed by atoms with Crippen molar-refractivity contribution in [1.82, 2.24) is 37.2 Å². The van der Waals surface area contributed by atoms with Crippen molar-refractivity contribution in [3.05, 3.63) is 0 Å². The van der Waals surface area contributed by atoms with Crippen molar-refractivity contribution >= 4 is 53.7 Å². The number of aliphatic imine (C=N–C) groups is 1. The molecule has 21 nitrogen and oxygen atoms in total. The number of rotatable bonds is 21. The maximum absolute atomic E-state index is 12.8. The first-order valence-electron chi connectivity index (χ1n) is 12.7. The third-order valence-electron chi connectivity index (χ3n) is 5.14. The Labute approximate surface area is 245 Å². The molecule has 0 radical (unpaired) electrons. The average Bonchev–Trinajstić information content (AvgIpc) is 2.94. The Morgan fingerprint density at radius 3 is 1.79 bits per heavy atom. The number of nitrogens with zero attached hydrogens (tertiary/aromatic N) is 1. The number of nitrogens with one attached hydrogen (secondary N) is 7. The van der Waals surface area contributed by atoms with Crippen molar-refractivity contribution in [2.24, 2.45) is 22.2 Å². The minimum Gasteiger partial charge on any atom is -0.394 e. The van der Waals surface area contributed by atoms with Gasteiger partial charge in [-0.25, -0.2) is 0 Å². The Bertz CT molecular complexity index is 1030. The highest BCUT2D eigenvalue weighted by atomic mass is 16.3. The second-order valence-corrected chi connectivity index (χ2v) is 8.78. The summed E-state index contributed by atoms with van der Waals surface area (Å²) in [6, 6.07) is -4.16. The van der Waals surface area contributed by atoms with Crippen molar-refractivity contribution in [3.63, 3.8) is 0 Å². The van der Waals surface area contributed by atoms with Crippen LogP contribution < -0.4 is 54.4 Å². The van der Waals surface area contributed by atoms with Crippen molar-refractivity contribution < 1.29 is 48.6 Å². The lowest BCUT2D eigenvalue weighted by molar-refractivity contribution is -0.133. The summed E-state index contributed by atoms with van der Waals surface area (Å²) in [4.78, 5) is 98.5. The van der Waals surface area contributed by atoms with E-state index in [4.69, 9.17) is 17.2 Å². The van der Waals surface area contributed by atoms with Crippen molar-refractivity contribution in [2.75, 3.05) is 39.3 Å². The van der Waals surface area contributed by atoms with Gasteiger partial charge in [-0.1, -0.05) is 0 Å². The van der Waals surface area contributed by atoms with Crippen molar-refractivity contribution in [3.8, 4) is 0 Å². The number of hydrogen-bond donors (Lipinski definition) is 12. The Hall–Kier alpha value is -5.05. The summed E-state index contributed by atoms with van der Waals surface area (Å²) in [6.07, 6.45) is -0.930. The highest BCUT2D eigenvalue weighted by Crippen LogP contribution is 2.00. The second-order valence-electron chi connectivity index (χ2n) is 8.78. The smallest absolute Gasteiger partial charge is 0.245 e.